The molecule has 0 atom stereocenters. The van der Waals surface area contributed by atoms with Gasteiger partial charge in [-0.15, -0.1) is 0 Å². The molecule has 0 radical (unpaired) electrons. The molecule has 0 spiro atoms. The lowest BCUT2D eigenvalue weighted by atomic mass is 10.2. The second kappa shape index (κ2) is 13.9. The topological polar surface area (TPSA) is 109 Å². The van der Waals surface area contributed by atoms with Crippen molar-refractivity contribution in [1.82, 2.24) is 14.6 Å². The highest BCUT2D eigenvalue weighted by atomic mass is 16.6. The van der Waals surface area contributed by atoms with Gasteiger partial charge in [0.25, 0.3) is 0 Å². The molecular formula is C35H36N4O6. The number of nitrogens with zero attached hydrogens (tertiary/aromatic N) is 3. The van der Waals surface area contributed by atoms with Crippen LogP contribution in [0.1, 0.15) is 51.6 Å². The van der Waals surface area contributed by atoms with E-state index >= 15 is 0 Å². The largest absolute Gasteiger partial charge is 0.486 e. The minimum Gasteiger partial charge on any atom is -0.486 e. The van der Waals surface area contributed by atoms with Gasteiger partial charge in [-0.3, -0.25) is 4.79 Å². The number of nitrogens with one attached hydrogen (secondary N) is 1. The summed E-state index contributed by atoms with van der Waals surface area (Å²) in [6.07, 6.45) is 1.60. The smallest absolute Gasteiger partial charge is 0.344 e. The third-order valence-electron chi connectivity index (χ3n) is 7.23. The molecule has 10 heteroatoms. The van der Waals surface area contributed by atoms with Crippen molar-refractivity contribution in [3.8, 4) is 22.9 Å². The SMILES string of the molecule is CCOC(=O)COc1ccc(-n2c(C)cc(/C=N/NC(=O)c3ccc(COc4ccc(-n5c(C)ccc5C)cc4)o3)c2C)cc1. The normalized spacial score (nSPS) is 11.1. The number of aromatic nitrogens is 2. The van der Waals surface area contributed by atoms with Gasteiger partial charge in [-0.25, -0.2) is 10.2 Å². The van der Waals surface area contributed by atoms with Gasteiger partial charge < -0.3 is 27.8 Å². The maximum atomic E-state index is 12.7. The first-order valence-electron chi connectivity index (χ1n) is 14.6. The van der Waals surface area contributed by atoms with Crippen LogP contribution in [-0.2, 0) is 16.1 Å². The summed E-state index contributed by atoms with van der Waals surface area (Å²) in [5.74, 6) is 1.04. The van der Waals surface area contributed by atoms with Gasteiger partial charge >= 0.3 is 11.9 Å². The standard InChI is InChI=1S/C35H36N4O6/c1-6-42-34(40)22-44-31-15-11-29(12-16-31)39-25(4)19-27(26(39)5)20-36-37-35(41)33-18-17-32(45-33)21-43-30-13-9-28(10-14-30)38-23(2)7-8-24(38)3/h7-20H,6,21-22H2,1-5H3,(H,37,41)/b36-20+. The van der Waals surface area contributed by atoms with Crippen LogP contribution in [0.15, 0.2) is 88.4 Å². The van der Waals surface area contributed by atoms with Crippen LogP contribution in [0, 0.1) is 27.7 Å². The minimum absolute atomic E-state index is 0.135. The molecule has 1 amide bonds. The number of hydrogen-bond acceptors (Lipinski definition) is 7. The quantitative estimate of drug-likeness (QED) is 0.100. The van der Waals surface area contributed by atoms with E-state index < -0.39 is 11.9 Å². The fraction of sp³-hybridized carbons (Fsp3) is 0.229. The summed E-state index contributed by atoms with van der Waals surface area (Å²) in [6.45, 7) is 10.2. The average molecular weight is 609 g/mol. The molecule has 10 nitrogen and oxygen atoms in total. The summed E-state index contributed by atoms with van der Waals surface area (Å²) in [6, 6.07) is 24.7. The average Bonchev–Trinajstić information content (AvgIpc) is 3.72. The molecule has 5 aromatic rings. The van der Waals surface area contributed by atoms with Crippen LogP contribution in [0.25, 0.3) is 11.4 Å². The molecule has 0 unspecified atom stereocenters. The number of benzene rings is 2. The summed E-state index contributed by atoms with van der Waals surface area (Å²) in [4.78, 5) is 24.2. The molecule has 2 aromatic carbocycles. The Morgan fingerprint density at radius 3 is 2.07 bits per heavy atom. The van der Waals surface area contributed by atoms with Gasteiger partial charge in [-0.05, 0) is 113 Å². The Balaban J connectivity index is 1.14. The molecule has 0 bridgehead atoms. The molecule has 1 N–H and O–H groups in total. The molecule has 0 aliphatic carbocycles. The Labute approximate surface area is 261 Å². The van der Waals surface area contributed by atoms with Crippen LogP contribution in [0.2, 0.25) is 0 Å². The summed E-state index contributed by atoms with van der Waals surface area (Å²) >= 11 is 0. The number of aryl methyl sites for hydroxylation is 3. The van der Waals surface area contributed by atoms with Gasteiger partial charge in [-0.1, -0.05) is 0 Å². The number of ether oxygens (including phenoxy) is 3. The third-order valence-corrected chi connectivity index (χ3v) is 7.23. The fourth-order valence-corrected chi connectivity index (χ4v) is 5.07. The van der Waals surface area contributed by atoms with Gasteiger partial charge in [0.15, 0.2) is 12.4 Å². The number of carbonyl (C=O) groups is 2. The van der Waals surface area contributed by atoms with E-state index in [4.69, 9.17) is 18.6 Å². The van der Waals surface area contributed by atoms with E-state index in [1.807, 2.05) is 56.3 Å². The highest BCUT2D eigenvalue weighted by Gasteiger charge is 2.13. The number of furan rings is 1. The number of carbonyl (C=O) groups excluding carboxylic acids is 2. The zero-order valence-electron chi connectivity index (χ0n) is 26.0. The van der Waals surface area contributed by atoms with Crippen LogP contribution < -0.4 is 14.9 Å². The highest BCUT2D eigenvalue weighted by Crippen LogP contribution is 2.23. The van der Waals surface area contributed by atoms with Crippen LogP contribution in [0.4, 0.5) is 0 Å². The van der Waals surface area contributed by atoms with Crippen molar-refractivity contribution < 1.29 is 28.2 Å². The summed E-state index contributed by atoms with van der Waals surface area (Å²) in [5, 5.41) is 4.15. The van der Waals surface area contributed by atoms with E-state index in [9.17, 15) is 9.59 Å². The molecule has 232 valence electrons. The number of esters is 1. The molecule has 45 heavy (non-hydrogen) atoms. The number of hydrogen-bond donors (Lipinski definition) is 1. The van der Waals surface area contributed by atoms with E-state index in [1.165, 1.54) is 11.4 Å². The Hall–Kier alpha value is -5.51. The predicted molar refractivity (Wildman–Crippen MR) is 171 cm³/mol. The van der Waals surface area contributed by atoms with Crippen molar-refractivity contribution in [3.63, 3.8) is 0 Å². The van der Waals surface area contributed by atoms with Crippen molar-refractivity contribution in [2.24, 2.45) is 5.10 Å². The zero-order chi connectivity index (χ0) is 31.9. The van der Waals surface area contributed by atoms with Crippen LogP contribution >= 0.6 is 0 Å². The minimum atomic E-state index is -0.466. The number of hydrazone groups is 1. The number of rotatable bonds is 12. The first kappa shape index (κ1) is 30.9. The lowest BCUT2D eigenvalue weighted by Crippen LogP contribution is -2.16. The van der Waals surface area contributed by atoms with Gasteiger partial charge in [-0.2, -0.15) is 5.10 Å². The number of amides is 1. The zero-order valence-corrected chi connectivity index (χ0v) is 26.0. The lowest BCUT2D eigenvalue weighted by Gasteiger charge is -2.11. The molecule has 3 aromatic heterocycles. The Kier molecular flexibility index (Phi) is 9.52. The van der Waals surface area contributed by atoms with Crippen molar-refractivity contribution in [1.29, 1.82) is 0 Å². The fourth-order valence-electron chi connectivity index (χ4n) is 5.07. The molecular weight excluding hydrogens is 572 g/mol. The first-order valence-corrected chi connectivity index (χ1v) is 14.6. The van der Waals surface area contributed by atoms with Crippen LogP contribution in [-0.4, -0.2) is 40.4 Å². The molecule has 0 aliphatic heterocycles. The molecule has 0 saturated heterocycles. The Morgan fingerprint density at radius 2 is 1.42 bits per heavy atom. The Bertz CT molecular complexity index is 1790. The maximum Gasteiger partial charge on any atom is 0.344 e. The van der Waals surface area contributed by atoms with Crippen LogP contribution in [0.3, 0.4) is 0 Å². The second-order valence-corrected chi connectivity index (χ2v) is 10.4. The summed E-state index contributed by atoms with van der Waals surface area (Å²) < 4.78 is 26.2. The summed E-state index contributed by atoms with van der Waals surface area (Å²) in [5.41, 5.74) is 9.62. The molecule has 3 heterocycles. The molecule has 0 saturated carbocycles. The first-order chi connectivity index (χ1) is 21.7. The van der Waals surface area contributed by atoms with E-state index in [-0.39, 0.29) is 19.0 Å². The lowest BCUT2D eigenvalue weighted by molar-refractivity contribution is -0.145. The molecule has 0 aliphatic rings. The molecule has 0 fully saturated rings. The van der Waals surface area contributed by atoms with Gasteiger partial charge in [0.05, 0.1) is 12.8 Å². The van der Waals surface area contributed by atoms with Crippen molar-refractivity contribution in [3.05, 3.63) is 119 Å². The van der Waals surface area contributed by atoms with E-state index in [2.05, 4.69) is 45.6 Å². The summed E-state index contributed by atoms with van der Waals surface area (Å²) in [7, 11) is 0. The van der Waals surface area contributed by atoms with Crippen molar-refractivity contribution >= 4 is 18.1 Å². The second-order valence-electron chi connectivity index (χ2n) is 10.4. The van der Waals surface area contributed by atoms with E-state index in [1.54, 1.807) is 37.4 Å². The third kappa shape index (κ3) is 7.35. The van der Waals surface area contributed by atoms with E-state index in [0.29, 0.717) is 23.9 Å². The van der Waals surface area contributed by atoms with Gasteiger partial charge in [0, 0.05) is 39.7 Å². The van der Waals surface area contributed by atoms with Crippen LogP contribution in [0.5, 0.6) is 11.5 Å². The molecule has 5 rings (SSSR count). The van der Waals surface area contributed by atoms with Gasteiger partial charge in [0.1, 0.15) is 23.9 Å². The predicted octanol–water partition coefficient (Wildman–Crippen LogP) is 6.38. The monoisotopic (exact) mass is 608 g/mol. The Morgan fingerprint density at radius 1 is 0.800 bits per heavy atom. The van der Waals surface area contributed by atoms with E-state index in [0.717, 1.165) is 28.3 Å². The maximum absolute atomic E-state index is 12.7. The van der Waals surface area contributed by atoms with Crippen molar-refractivity contribution in [2.75, 3.05) is 13.2 Å². The highest BCUT2D eigenvalue weighted by molar-refractivity contribution is 5.92. The van der Waals surface area contributed by atoms with Crippen molar-refractivity contribution in [2.45, 2.75) is 41.2 Å². The van der Waals surface area contributed by atoms with Gasteiger partial charge in [0.2, 0.25) is 0 Å².